The average Bonchev–Trinajstić information content (AvgIpc) is 3.08. The van der Waals surface area contributed by atoms with Crippen molar-refractivity contribution in [3.8, 4) is 11.4 Å². The molecular weight excluding hydrogens is 342 g/mol. The zero-order chi connectivity index (χ0) is 18.1. The summed E-state index contributed by atoms with van der Waals surface area (Å²) in [5.74, 6) is 0.679. The molecule has 1 heterocycles. The van der Waals surface area contributed by atoms with E-state index in [4.69, 9.17) is 21.5 Å². The standard InChI is InChI=1S/C16H21N5O3S/c1-11(10-23-2)17-16(25)20-19-13(22)8-9-14-18-15(21-24-14)12-6-4-3-5-7-12/h3-7,11H,8-10H2,1-2H3,(H,19,22)(H2,17,20,25)/t11-/m1/s1. The third kappa shape index (κ3) is 6.48. The number of hydrazine groups is 1. The number of methoxy groups -OCH3 is 1. The van der Waals surface area contributed by atoms with Crippen molar-refractivity contribution in [1.82, 2.24) is 26.3 Å². The van der Waals surface area contributed by atoms with E-state index in [1.165, 1.54) is 0 Å². The molecule has 0 radical (unpaired) electrons. The van der Waals surface area contributed by atoms with E-state index >= 15 is 0 Å². The van der Waals surface area contributed by atoms with Crippen molar-refractivity contribution in [2.45, 2.75) is 25.8 Å². The first kappa shape index (κ1) is 18.8. The summed E-state index contributed by atoms with van der Waals surface area (Å²) in [7, 11) is 1.61. The molecule has 0 saturated carbocycles. The Balaban J connectivity index is 1.72. The van der Waals surface area contributed by atoms with E-state index in [1.54, 1.807) is 7.11 Å². The summed E-state index contributed by atoms with van der Waals surface area (Å²) in [5.41, 5.74) is 6.02. The van der Waals surface area contributed by atoms with E-state index in [1.807, 2.05) is 37.3 Å². The first-order chi connectivity index (χ1) is 12.1. The van der Waals surface area contributed by atoms with Crippen LogP contribution in [0, 0.1) is 0 Å². The number of thiocarbonyl (C=S) groups is 1. The molecule has 0 aliphatic carbocycles. The fraction of sp³-hybridized carbons (Fsp3) is 0.375. The molecule has 1 aromatic carbocycles. The first-order valence-electron chi connectivity index (χ1n) is 7.80. The zero-order valence-corrected chi connectivity index (χ0v) is 14.9. The summed E-state index contributed by atoms with van der Waals surface area (Å²) >= 11 is 5.06. The van der Waals surface area contributed by atoms with Crippen molar-refractivity contribution in [1.29, 1.82) is 0 Å². The van der Waals surface area contributed by atoms with Crippen molar-refractivity contribution in [2.24, 2.45) is 0 Å². The zero-order valence-electron chi connectivity index (χ0n) is 14.1. The maximum Gasteiger partial charge on any atom is 0.238 e. The number of hydrogen-bond acceptors (Lipinski definition) is 6. The van der Waals surface area contributed by atoms with Gasteiger partial charge in [0.2, 0.25) is 17.6 Å². The van der Waals surface area contributed by atoms with E-state index in [0.29, 0.717) is 29.9 Å². The van der Waals surface area contributed by atoms with E-state index in [2.05, 4.69) is 26.3 Å². The lowest BCUT2D eigenvalue weighted by Crippen LogP contribution is -2.50. The molecule has 1 atom stereocenters. The van der Waals surface area contributed by atoms with Gasteiger partial charge in [0, 0.05) is 31.6 Å². The normalized spacial score (nSPS) is 11.6. The number of amides is 1. The van der Waals surface area contributed by atoms with Gasteiger partial charge in [-0.1, -0.05) is 35.5 Å². The molecule has 25 heavy (non-hydrogen) atoms. The summed E-state index contributed by atoms with van der Waals surface area (Å²) in [6.45, 7) is 2.43. The highest BCUT2D eigenvalue weighted by Crippen LogP contribution is 2.15. The maximum atomic E-state index is 11.8. The molecule has 0 spiro atoms. The molecule has 1 amide bonds. The highest BCUT2D eigenvalue weighted by molar-refractivity contribution is 7.80. The van der Waals surface area contributed by atoms with Crippen molar-refractivity contribution in [3.05, 3.63) is 36.2 Å². The number of rotatable bonds is 7. The number of aryl methyl sites for hydroxylation is 1. The average molecular weight is 363 g/mol. The van der Waals surface area contributed by atoms with Crippen LogP contribution in [0.5, 0.6) is 0 Å². The third-order valence-electron chi connectivity index (χ3n) is 3.18. The Kier molecular flexibility index (Phi) is 7.30. The summed E-state index contributed by atoms with van der Waals surface area (Å²) in [6.07, 6.45) is 0.535. The van der Waals surface area contributed by atoms with Crippen molar-refractivity contribution < 1.29 is 14.1 Å². The summed E-state index contributed by atoms with van der Waals surface area (Å²) in [4.78, 5) is 16.1. The van der Waals surface area contributed by atoms with Crippen molar-refractivity contribution >= 4 is 23.2 Å². The van der Waals surface area contributed by atoms with Crippen molar-refractivity contribution in [3.63, 3.8) is 0 Å². The molecule has 8 nitrogen and oxygen atoms in total. The Morgan fingerprint density at radius 3 is 2.80 bits per heavy atom. The Bertz CT molecular complexity index is 692. The predicted octanol–water partition coefficient (Wildman–Crippen LogP) is 1.20. The molecule has 134 valence electrons. The second kappa shape index (κ2) is 9.70. The monoisotopic (exact) mass is 363 g/mol. The molecule has 0 fully saturated rings. The van der Waals surface area contributed by atoms with Crippen molar-refractivity contribution in [2.75, 3.05) is 13.7 Å². The van der Waals surface area contributed by atoms with Gasteiger partial charge in [-0.2, -0.15) is 4.98 Å². The minimum atomic E-state index is -0.233. The first-order valence-corrected chi connectivity index (χ1v) is 8.21. The lowest BCUT2D eigenvalue weighted by Gasteiger charge is -2.16. The number of benzene rings is 1. The van der Waals surface area contributed by atoms with E-state index in [-0.39, 0.29) is 18.4 Å². The molecule has 3 N–H and O–H groups in total. The minimum absolute atomic E-state index is 0.0386. The lowest BCUT2D eigenvalue weighted by molar-refractivity contribution is -0.121. The highest BCUT2D eigenvalue weighted by atomic mass is 32.1. The largest absolute Gasteiger partial charge is 0.383 e. The number of hydrogen-bond donors (Lipinski definition) is 3. The fourth-order valence-electron chi connectivity index (χ4n) is 2.02. The third-order valence-corrected chi connectivity index (χ3v) is 3.40. The smallest absolute Gasteiger partial charge is 0.238 e. The fourth-order valence-corrected chi connectivity index (χ4v) is 2.27. The van der Waals surface area contributed by atoms with Gasteiger partial charge in [0.05, 0.1) is 6.61 Å². The predicted molar refractivity (Wildman–Crippen MR) is 96.4 cm³/mol. The molecule has 9 heteroatoms. The molecule has 2 rings (SSSR count). The molecule has 2 aromatic rings. The SMILES string of the molecule is COC[C@@H](C)NC(=S)NNC(=O)CCc1nc(-c2ccccc2)no1. The van der Waals surface area contributed by atoms with Gasteiger partial charge in [0.25, 0.3) is 0 Å². The van der Waals surface area contributed by atoms with Crippen LogP contribution in [0.2, 0.25) is 0 Å². The number of nitrogens with one attached hydrogen (secondary N) is 3. The van der Waals surface area contributed by atoms with Crippen LogP contribution in [0.3, 0.4) is 0 Å². The topological polar surface area (TPSA) is 101 Å². The number of ether oxygens (including phenoxy) is 1. The molecule has 0 saturated heterocycles. The molecule has 1 aromatic heterocycles. The molecule has 0 unspecified atom stereocenters. The van der Waals surface area contributed by atoms with Crippen LogP contribution in [-0.2, 0) is 16.0 Å². The van der Waals surface area contributed by atoms with Gasteiger partial charge >= 0.3 is 0 Å². The van der Waals surface area contributed by atoms with Crippen LogP contribution in [0.25, 0.3) is 11.4 Å². The summed E-state index contributed by atoms with van der Waals surface area (Å²) in [5, 5.41) is 7.21. The van der Waals surface area contributed by atoms with Crippen LogP contribution in [0.15, 0.2) is 34.9 Å². The molecule has 0 bridgehead atoms. The van der Waals surface area contributed by atoms with Gasteiger partial charge < -0.3 is 14.6 Å². The van der Waals surface area contributed by atoms with Gasteiger partial charge in [0.1, 0.15) is 0 Å². The highest BCUT2D eigenvalue weighted by Gasteiger charge is 2.11. The summed E-state index contributed by atoms with van der Waals surface area (Å²) < 4.78 is 10.2. The lowest BCUT2D eigenvalue weighted by atomic mass is 10.2. The number of carbonyl (C=O) groups excluding carboxylic acids is 1. The van der Waals surface area contributed by atoms with E-state index < -0.39 is 0 Å². The van der Waals surface area contributed by atoms with Crippen LogP contribution in [-0.4, -0.2) is 40.9 Å². The van der Waals surface area contributed by atoms with Crippen LogP contribution >= 0.6 is 12.2 Å². The van der Waals surface area contributed by atoms with Crippen LogP contribution in [0.1, 0.15) is 19.2 Å². The van der Waals surface area contributed by atoms with Gasteiger partial charge in [-0.05, 0) is 19.1 Å². The molecule has 0 aliphatic heterocycles. The van der Waals surface area contributed by atoms with Gasteiger partial charge in [0.15, 0.2) is 5.11 Å². The Morgan fingerprint density at radius 1 is 1.32 bits per heavy atom. The molecular formula is C16H21N5O3S. The van der Waals surface area contributed by atoms with Crippen LogP contribution < -0.4 is 16.2 Å². The Labute approximate surface area is 151 Å². The summed E-state index contributed by atoms with van der Waals surface area (Å²) in [6, 6.07) is 9.53. The van der Waals surface area contributed by atoms with Gasteiger partial charge in [-0.3, -0.25) is 15.6 Å². The van der Waals surface area contributed by atoms with Gasteiger partial charge in [-0.25, -0.2) is 0 Å². The number of carbonyl (C=O) groups is 1. The second-order valence-corrected chi connectivity index (χ2v) is 5.79. The minimum Gasteiger partial charge on any atom is -0.383 e. The number of aromatic nitrogens is 2. The van der Waals surface area contributed by atoms with E-state index in [0.717, 1.165) is 5.56 Å². The number of nitrogens with zero attached hydrogens (tertiary/aromatic N) is 2. The second-order valence-electron chi connectivity index (χ2n) is 5.38. The quantitative estimate of drug-likeness (QED) is 0.498. The van der Waals surface area contributed by atoms with E-state index in [9.17, 15) is 4.79 Å². The Morgan fingerprint density at radius 2 is 2.08 bits per heavy atom. The molecule has 0 aliphatic rings. The van der Waals surface area contributed by atoms with Crippen LogP contribution in [0.4, 0.5) is 0 Å². The van der Waals surface area contributed by atoms with Gasteiger partial charge in [-0.15, -0.1) is 0 Å². The Hall–Kier alpha value is -2.52. The maximum absolute atomic E-state index is 11.8.